The molecule has 6 heterocycles. The van der Waals surface area contributed by atoms with E-state index in [1.807, 2.05) is 22.7 Å². The van der Waals surface area contributed by atoms with Crippen molar-refractivity contribution in [3.05, 3.63) is 364 Å². The summed E-state index contributed by atoms with van der Waals surface area (Å²) in [5.41, 5.74) is 24.2. The highest BCUT2D eigenvalue weighted by molar-refractivity contribution is 7.26. The van der Waals surface area contributed by atoms with E-state index in [0.717, 1.165) is 0 Å². The molecule has 0 aliphatic carbocycles. The van der Waals surface area contributed by atoms with Gasteiger partial charge in [-0.05, 0) is 166 Å². The minimum Gasteiger partial charge on any atom is -0.309 e. The molecule has 4 nitrogen and oxygen atoms in total. The lowest BCUT2D eigenvalue weighted by atomic mass is 10.0. The zero-order valence-electron chi connectivity index (χ0n) is 55.2. The lowest BCUT2D eigenvalue weighted by molar-refractivity contribution is 1.18. The molecule has 0 amide bonds. The molecule has 0 atom stereocenters. The van der Waals surface area contributed by atoms with Crippen molar-refractivity contribution in [1.29, 1.82) is 0 Å². The average molecular weight is 1330 g/mol. The Bertz CT molecular complexity index is 7140. The van der Waals surface area contributed by atoms with Crippen LogP contribution in [-0.4, -0.2) is 18.3 Å². The number of hydrogen-bond donors (Lipinski definition) is 0. The molecule has 6 heteroatoms. The van der Waals surface area contributed by atoms with Gasteiger partial charge in [0.15, 0.2) is 0 Å². The molecule has 0 spiro atoms. The Labute approximate surface area is 595 Å². The van der Waals surface area contributed by atoms with Crippen molar-refractivity contribution in [2.45, 2.75) is 0 Å². The lowest BCUT2D eigenvalue weighted by Crippen LogP contribution is -1.97. The van der Waals surface area contributed by atoms with Gasteiger partial charge in [-0.1, -0.05) is 237 Å². The van der Waals surface area contributed by atoms with Crippen molar-refractivity contribution < 1.29 is 0 Å². The van der Waals surface area contributed by atoms with Crippen LogP contribution in [0.5, 0.6) is 0 Å². The molecular weight excluding hydrogens is 1270 g/mol. The van der Waals surface area contributed by atoms with E-state index in [2.05, 4.69) is 382 Å². The van der Waals surface area contributed by atoms with Gasteiger partial charge in [-0.2, -0.15) is 0 Å². The highest BCUT2D eigenvalue weighted by Gasteiger charge is 2.21. The van der Waals surface area contributed by atoms with Gasteiger partial charge in [0.2, 0.25) is 0 Å². The van der Waals surface area contributed by atoms with E-state index in [4.69, 9.17) is 0 Å². The van der Waals surface area contributed by atoms with E-state index in [-0.39, 0.29) is 0 Å². The first kappa shape index (κ1) is 58.2. The standard InChI is InChI=1S/2C48H30N2S/c1-2-12-31(13-3-1)35-14-4-8-18-42(35)50-44-20-10-6-16-37(44)41-29-33(23-27-46(41)50)32-22-26-45-40(28-32)36-15-5-9-19-43(36)49(45)34-24-25-39-38-17-7-11-21-47(38)51-48(39)30-34;1-2-11-31(12-3-1)32-13-10-14-35(27-32)49-43-18-7-4-15-37(43)41-28-33(21-25-45(41)49)34-22-26-46-42(29-34)38-16-5-8-19-44(38)50(46)36-23-24-40-39-17-6-9-20-47(39)51-48(40)30-36/h2*1-30H. The van der Waals surface area contributed by atoms with Gasteiger partial charge in [0.25, 0.3) is 0 Å². The van der Waals surface area contributed by atoms with Crippen LogP contribution in [0.1, 0.15) is 0 Å². The summed E-state index contributed by atoms with van der Waals surface area (Å²) in [6.45, 7) is 0. The summed E-state index contributed by atoms with van der Waals surface area (Å²) in [5.74, 6) is 0. The second-order valence-corrected chi connectivity index (χ2v) is 28.9. The quantitative estimate of drug-likeness (QED) is 0.144. The number of thiophene rings is 2. The molecule has 0 aliphatic heterocycles. The second-order valence-electron chi connectivity index (χ2n) is 26.7. The largest absolute Gasteiger partial charge is 0.309 e. The summed E-state index contributed by atoms with van der Waals surface area (Å²) >= 11 is 3.74. The third-order valence-electron chi connectivity index (χ3n) is 21.0. The predicted octanol–water partition coefficient (Wildman–Crippen LogP) is 27.2. The van der Waals surface area contributed by atoms with Crippen molar-refractivity contribution in [1.82, 2.24) is 18.3 Å². The molecule has 22 aromatic rings. The predicted molar refractivity (Wildman–Crippen MR) is 438 cm³/mol. The SMILES string of the molecule is c1ccc(-c2cccc(-n3c4ccccc4c4cc(-c5ccc6c(c5)c5ccccc5n6-c5ccc6c(c5)sc5ccccc56)ccc43)c2)cc1.c1ccc(-c2ccccc2-n2c3ccccc3c3cc(-c4ccc5c(c4)c4ccccc4n5-c4ccc5c(c4)sc4ccccc45)ccc32)cc1. The molecule has 0 radical (unpaired) electrons. The van der Waals surface area contributed by atoms with Gasteiger partial charge >= 0.3 is 0 Å². The van der Waals surface area contributed by atoms with Crippen molar-refractivity contribution in [2.75, 3.05) is 0 Å². The fraction of sp³-hybridized carbons (Fsp3) is 0. The van der Waals surface area contributed by atoms with E-state index in [9.17, 15) is 0 Å². The Morgan fingerprint density at radius 1 is 0.157 bits per heavy atom. The fourth-order valence-electron chi connectivity index (χ4n) is 16.4. The number of fused-ring (bicyclic) bond motifs is 18. The van der Waals surface area contributed by atoms with Crippen LogP contribution in [0.15, 0.2) is 364 Å². The number of rotatable bonds is 8. The van der Waals surface area contributed by atoms with Gasteiger partial charge in [-0.3, -0.25) is 0 Å². The number of nitrogens with zero attached hydrogens (tertiary/aromatic N) is 4. The van der Waals surface area contributed by atoms with Crippen LogP contribution < -0.4 is 0 Å². The van der Waals surface area contributed by atoms with Gasteiger partial charge in [0, 0.05) is 106 Å². The number of aromatic nitrogens is 4. The first-order valence-electron chi connectivity index (χ1n) is 34.9. The van der Waals surface area contributed by atoms with Gasteiger partial charge < -0.3 is 18.3 Å². The highest BCUT2D eigenvalue weighted by Crippen LogP contribution is 2.45. The molecule has 102 heavy (non-hydrogen) atoms. The molecule has 0 fully saturated rings. The minimum absolute atomic E-state index is 1.17. The van der Waals surface area contributed by atoms with E-state index >= 15 is 0 Å². The molecule has 0 aliphatic rings. The van der Waals surface area contributed by atoms with E-state index < -0.39 is 0 Å². The Kier molecular flexibility index (Phi) is 13.3. The summed E-state index contributed by atoms with van der Waals surface area (Å²) in [6.07, 6.45) is 0. The van der Waals surface area contributed by atoms with Crippen LogP contribution in [0, 0.1) is 0 Å². The summed E-state index contributed by atoms with van der Waals surface area (Å²) in [6, 6.07) is 133. The third kappa shape index (κ3) is 9.27. The summed E-state index contributed by atoms with van der Waals surface area (Å²) < 4.78 is 15.0. The summed E-state index contributed by atoms with van der Waals surface area (Å²) in [5, 5.41) is 15.4. The monoisotopic (exact) mass is 1330 g/mol. The second kappa shape index (κ2) is 23.4. The summed E-state index contributed by atoms with van der Waals surface area (Å²) in [7, 11) is 0. The van der Waals surface area contributed by atoms with Crippen molar-refractivity contribution >= 4 is 150 Å². The van der Waals surface area contributed by atoms with Crippen molar-refractivity contribution in [2.24, 2.45) is 0 Å². The normalized spacial score (nSPS) is 11.9. The third-order valence-corrected chi connectivity index (χ3v) is 23.3. The van der Waals surface area contributed by atoms with E-state index in [1.54, 1.807) is 0 Å². The zero-order chi connectivity index (χ0) is 66.9. The van der Waals surface area contributed by atoms with E-state index in [1.165, 1.54) is 195 Å². The fourth-order valence-corrected chi connectivity index (χ4v) is 18.7. The molecule has 476 valence electrons. The number of benzene rings is 16. The van der Waals surface area contributed by atoms with Crippen LogP contribution in [0.25, 0.3) is 195 Å². The van der Waals surface area contributed by atoms with Crippen LogP contribution in [0.4, 0.5) is 0 Å². The average Bonchev–Trinajstić information content (AvgIpc) is 1.59. The molecule has 22 rings (SSSR count). The molecule has 0 unspecified atom stereocenters. The molecule has 16 aromatic carbocycles. The molecule has 0 saturated heterocycles. The maximum atomic E-state index is 2.43. The summed E-state index contributed by atoms with van der Waals surface area (Å²) in [4.78, 5) is 0. The molecule has 0 saturated carbocycles. The van der Waals surface area contributed by atoms with Gasteiger partial charge in [-0.15, -0.1) is 22.7 Å². The number of para-hydroxylation sites is 5. The Morgan fingerprint density at radius 2 is 0.471 bits per heavy atom. The Morgan fingerprint density at radius 3 is 0.922 bits per heavy atom. The van der Waals surface area contributed by atoms with Crippen LogP contribution in [0.3, 0.4) is 0 Å². The maximum absolute atomic E-state index is 2.43. The molecule has 6 aromatic heterocycles. The van der Waals surface area contributed by atoms with Gasteiger partial charge in [0.1, 0.15) is 0 Å². The topological polar surface area (TPSA) is 19.7 Å². The maximum Gasteiger partial charge on any atom is 0.0541 e. The van der Waals surface area contributed by atoms with Gasteiger partial charge in [-0.25, -0.2) is 0 Å². The smallest absolute Gasteiger partial charge is 0.0541 e. The van der Waals surface area contributed by atoms with Gasteiger partial charge in [0.05, 0.1) is 49.8 Å². The highest BCUT2D eigenvalue weighted by atomic mass is 32.1. The Hall–Kier alpha value is -12.8. The molecule has 0 N–H and O–H groups in total. The lowest BCUT2D eigenvalue weighted by Gasteiger charge is -2.14. The molecule has 0 bridgehead atoms. The first-order chi connectivity index (χ1) is 50.6. The Balaban J connectivity index is 0.000000133. The zero-order valence-corrected chi connectivity index (χ0v) is 56.9. The van der Waals surface area contributed by atoms with Crippen LogP contribution in [0.2, 0.25) is 0 Å². The minimum atomic E-state index is 1.17. The van der Waals surface area contributed by atoms with Crippen LogP contribution in [-0.2, 0) is 0 Å². The first-order valence-corrected chi connectivity index (χ1v) is 36.5. The molecular formula is C96H60N4S2. The van der Waals surface area contributed by atoms with Crippen molar-refractivity contribution in [3.8, 4) is 67.3 Å². The van der Waals surface area contributed by atoms with Crippen LogP contribution >= 0.6 is 22.7 Å². The van der Waals surface area contributed by atoms with Crippen molar-refractivity contribution in [3.63, 3.8) is 0 Å². The van der Waals surface area contributed by atoms with E-state index in [0.29, 0.717) is 0 Å². The number of hydrogen-bond acceptors (Lipinski definition) is 2.